The maximum atomic E-state index is 11.3. The van der Waals surface area contributed by atoms with Crippen molar-refractivity contribution in [3.05, 3.63) is 70.3 Å². The molecule has 2 aromatic rings. The van der Waals surface area contributed by atoms with Crippen LogP contribution in [0.2, 0.25) is 0 Å². The van der Waals surface area contributed by atoms with Crippen LogP contribution in [0.4, 0.5) is 0 Å². The Balaban J connectivity index is 2.45. The number of aromatic carboxylic acids is 1. The Bertz CT molecular complexity index is 672. The first-order valence-corrected chi connectivity index (χ1v) is 8.54. The molecule has 0 radical (unpaired) electrons. The molecule has 2 nitrogen and oxygen atoms in total. The van der Waals surface area contributed by atoms with Crippen LogP contribution in [0.15, 0.2) is 42.5 Å². The van der Waals surface area contributed by atoms with Crippen molar-refractivity contribution in [3.63, 3.8) is 0 Å². The minimum Gasteiger partial charge on any atom is -0.478 e. The van der Waals surface area contributed by atoms with E-state index in [0.717, 1.165) is 16.5 Å². The molecule has 3 heteroatoms. The van der Waals surface area contributed by atoms with Gasteiger partial charge in [-0.3, -0.25) is 0 Å². The number of carbonyl (C=O) groups is 1. The maximum Gasteiger partial charge on any atom is 0.335 e. The van der Waals surface area contributed by atoms with E-state index in [2.05, 4.69) is 54.0 Å². The number of carboxylic acid groups (broad SMARTS) is 1. The SMILES string of the molecule is CCc1cc(C(C)(C)c2ccc(CBr)cc2)ccc1C(=O)O. The van der Waals surface area contributed by atoms with Gasteiger partial charge in [-0.2, -0.15) is 0 Å². The summed E-state index contributed by atoms with van der Waals surface area (Å²) in [5.74, 6) is -0.858. The van der Waals surface area contributed by atoms with Gasteiger partial charge in [0.15, 0.2) is 0 Å². The Morgan fingerprint density at radius 1 is 1.09 bits per heavy atom. The number of carboxylic acids is 1. The van der Waals surface area contributed by atoms with Gasteiger partial charge >= 0.3 is 5.97 Å². The molecule has 0 saturated heterocycles. The van der Waals surface area contributed by atoms with Crippen LogP contribution >= 0.6 is 15.9 Å². The summed E-state index contributed by atoms with van der Waals surface area (Å²) in [6, 6.07) is 14.2. The van der Waals surface area contributed by atoms with Gasteiger partial charge in [-0.05, 0) is 34.7 Å². The van der Waals surface area contributed by atoms with E-state index in [-0.39, 0.29) is 5.41 Å². The highest BCUT2D eigenvalue weighted by atomic mass is 79.9. The van der Waals surface area contributed by atoms with Crippen molar-refractivity contribution in [2.75, 3.05) is 0 Å². The van der Waals surface area contributed by atoms with Crippen LogP contribution < -0.4 is 0 Å². The largest absolute Gasteiger partial charge is 0.478 e. The fraction of sp³-hybridized carbons (Fsp3) is 0.316. The van der Waals surface area contributed by atoms with Crippen molar-refractivity contribution in [2.24, 2.45) is 0 Å². The van der Waals surface area contributed by atoms with Crippen LogP contribution in [0.1, 0.15) is 53.4 Å². The molecule has 0 fully saturated rings. The van der Waals surface area contributed by atoms with E-state index in [1.165, 1.54) is 11.1 Å². The predicted octanol–water partition coefficient (Wildman–Crippen LogP) is 5.17. The average Bonchev–Trinajstić information content (AvgIpc) is 2.54. The number of aryl methyl sites for hydroxylation is 1. The molecule has 22 heavy (non-hydrogen) atoms. The summed E-state index contributed by atoms with van der Waals surface area (Å²) < 4.78 is 0. The molecule has 0 aliphatic rings. The van der Waals surface area contributed by atoms with E-state index < -0.39 is 5.97 Å². The Hall–Kier alpha value is -1.61. The third-order valence-electron chi connectivity index (χ3n) is 4.27. The van der Waals surface area contributed by atoms with Crippen molar-refractivity contribution in [2.45, 2.75) is 37.9 Å². The lowest BCUT2D eigenvalue weighted by molar-refractivity contribution is 0.0695. The summed E-state index contributed by atoms with van der Waals surface area (Å²) in [5, 5.41) is 10.1. The molecular formula is C19H21BrO2. The summed E-state index contributed by atoms with van der Waals surface area (Å²) in [6.07, 6.45) is 0.716. The van der Waals surface area contributed by atoms with Gasteiger partial charge in [-0.1, -0.05) is 73.1 Å². The average molecular weight is 361 g/mol. The minimum atomic E-state index is -0.858. The first-order chi connectivity index (χ1) is 10.4. The zero-order valence-electron chi connectivity index (χ0n) is 13.2. The first-order valence-electron chi connectivity index (χ1n) is 7.42. The molecule has 1 N–H and O–H groups in total. The third-order valence-corrected chi connectivity index (χ3v) is 4.92. The normalized spacial score (nSPS) is 11.5. The molecular weight excluding hydrogens is 340 g/mol. The van der Waals surface area contributed by atoms with Gasteiger partial charge in [0, 0.05) is 10.7 Å². The molecule has 0 bridgehead atoms. The van der Waals surface area contributed by atoms with E-state index in [0.29, 0.717) is 12.0 Å². The van der Waals surface area contributed by atoms with E-state index in [4.69, 9.17) is 0 Å². The summed E-state index contributed by atoms with van der Waals surface area (Å²) in [5.41, 5.74) is 4.73. The third kappa shape index (κ3) is 3.25. The lowest BCUT2D eigenvalue weighted by Crippen LogP contribution is -2.19. The first kappa shape index (κ1) is 16.8. The zero-order valence-corrected chi connectivity index (χ0v) is 14.8. The Morgan fingerprint density at radius 3 is 2.18 bits per heavy atom. The summed E-state index contributed by atoms with van der Waals surface area (Å²) in [6.45, 7) is 6.33. The molecule has 0 atom stereocenters. The maximum absolute atomic E-state index is 11.3. The van der Waals surface area contributed by atoms with Crippen molar-refractivity contribution >= 4 is 21.9 Å². The smallest absolute Gasteiger partial charge is 0.335 e. The van der Waals surface area contributed by atoms with Crippen molar-refractivity contribution in [1.29, 1.82) is 0 Å². The molecule has 0 unspecified atom stereocenters. The second-order valence-corrected chi connectivity index (χ2v) is 6.55. The van der Waals surface area contributed by atoms with Gasteiger partial charge < -0.3 is 5.11 Å². The summed E-state index contributed by atoms with van der Waals surface area (Å²) in [4.78, 5) is 11.3. The Morgan fingerprint density at radius 2 is 1.68 bits per heavy atom. The monoisotopic (exact) mass is 360 g/mol. The van der Waals surface area contributed by atoms with Gasteiger partial charge in [-0.25, -0.2) is 4.79 Å². The van der Waals surface area contributed by atoms with Crippen LogP contribution in [0.3, 0.4) is 0 Å². The Labute approximate surface area is 140 Å². The van der Waals surface area contributed by atoms with E-state index >= 15 is 0 Å². The number of hydrogen-bond acceptors (Lipinski definition) is 1. The van der Waals surface area contributed by atoms with Crippen LogP contribution in [-0.2, 0) is 17.2 Å². The fourth-order valence-electron chi connectivity index (χ4n) is 2.66. The Kier molecular flexibility index (Phi) is 5.07. The molecule has 0 amide bonds. The number of alkyl halides is 1. The molecule has 2 aromatic carbocycles. The topological polar surface area (TPSA) is 37.3 Å². The fourth-order valence-corrected chi connectivity index (χ4v) is 3.03. The van der Waals surface area contributed by atoms with Gasteiger partial charge in [0.1, 0.15) is 0 Å². The van der Waals surface area contributed by atoms with Crippen molar-refractivity contribution in [3.8, 4) is 0 Å². The highest BCUT2D eigenvalue weighted by Gasteiger charge is 2.24. The second kappa shape index (κ2) is 6.66. The van der Waals surface area contributed by atoms with E-state index in [1.807, 2.05) is 19.1 Å². The molecule has 116 valence electrons. The van der Waals surface area contributed by atoms with Gasteiger partial charge in [0.2, 0.25) is 0 Å². The van der Waals surface area contributed by atoms with Gasteiger partial charge in [0.25, 0.3) is 0 Å². The van der Waals surface area contributed by atoms with Crippen LogP contribution in [0.5, 0.6) is 0 Å². The second-order valence-electron chi connectivity index (χ2n) is 5.99. The minimum absolute atomic E-state index is 0.161. The quantitative estimate of drug-likeness (QED) is 0.746. The number of benzene rings is 2. The zero-order chi connectivity index (χ0) is 16.3. The molecule has 0 aliphatic heterocycles. The van der Waals surface area contributed by atoms with Gasteiger partial charge in [-0.15, -0.1) is 0 Å². The number of rotatable bonds is 5. The molecule has 0 saturated carbocycles. The number of halogens is 1. The molecule has 0 aliphatic carbocycles. The van der Waals surface area contributed by atoms with Crippen molar-refractivity contribution in [1.82, 2.24) is 0 Å². The molecule has 0 spiro atoms. The molecule has 0 heterocycles. The van der Waals surface area contributed by atoms with E-state index in [1.54, 1.807) is 6.07 Å². The van der Waals surface area contributed by atoms with Crippen LogP contribution in [-0.4, -0.2) is 11.1 Å². The summed E-state index contributed by atoms with van der Waals surface area (Å²) >= 11 is 3.46. The van der Waals surface area contributed by atoms with Crippen molar-refractivity contribution < 1.29 is 9.90 Å². The van der Waals surface area contributed by atoms with Crippen LogP contribution in [0, 0.1) is 0 Å². The lowest BCUT2D eigenvalue weighted by atomic mass is 9.77. The standard InChI is InChI=1S/C19H21BrO2/c1-4-14-11-16(9-10-17(14)18(21)22)19(2,3)15-7-5-13(12-20)6-8-15/h5-11H,4,12H2,1-3H3,(H,21,22). The predicted molar refractivity (Wildman–Crippen MR) is 94.0 cm³/mol. The number of hydrogen-bond donors (Lipinski definition) is 1. The molecule has 2 rings (SSSR count). The highest BCUT2D eigenvalue weighted by Crippen LogP contribution is 2.33. The van der Waals surface area contributed by atoms with E-state index in [9.17, 15) is 9.90 Å². The lowest BCUT2D eigenvalue weighted by Gasteiger charge is -2.27. The summed E-state index contributed by atoms with van der Waals surface area (Å²) in [7, 11) is 0. The molecule has 0 aromatic heterocycles. The highest BCUT2D eigenvalue weighted by molar-refractivity contribution is 9.08. The van der Waals surface area contributed by atoms with Crippen LogP contribution in [0.25, 0.3) is 0 Å². The van der Waals surface area contributed by atoms with Gasteiger partial charge in [0.05, 0.1) is 5.56 Å².